The third-order valence-electron chi connectivity index (χ3n) is 4.42. The molecule has 0 bridgehead atoms. The van der Waals surface area contributed by atoms with Gasteiger partial charge in [-0.3, -0.25) is 4.79 Å². The molecule has 1 aromatic heterocycles. The van der Waals surface area contributed by atoms with E-state index in [0.29, 0.717) is 11.6 Å². The van der Waals surface area contributed by atoms with Crippen molar-refractivity contribution in [2.45, 2.75) is 31.6 Å². The quantitative estimate of drug-likeness (QED) is 0.873. The van der Waals surface area contributed by atoms with Gasteiger partial charge in [0.1, 0.15) is 5.82 Å². The van der Waals surface area contributed by atoms with Crippen LogP contribution in [0.25, 0.3) is 5.69 Å². The second kappa shape index (κ2) is 5.23. The minimum Gasteiger partial charge on any atom is -0.337 e. The highest BCUT2D eigenvalue weighted by molar-refractivity contribution is 5.92. The molecule has 1 aliphatic carbocycles. The first-order chi connectivity index (χ1) is 10.7. The Labute approximate surface area is 128 Å². The number of rotatable bonds is 3. The second-order valence-electron chi connectivity index (χ2n) is 6.12. The summed E-state index contributed by atoms with van der Waals surface area (Å²) in [6.07, 6.45) is 4.40. The SMILES string of the molecule is O=C(c1cc(C2CC2)n(-c2ccc(F)cc2)n1)N1CCCC1. The van der Waals surface area contributed by atoms with Crippen molar-refractivity contribution in [1.29, 1.82) is 0 Å². The van der Waals surface area contributed by atoms with Crippen LogP contribution in [0.4, 0.5) is 4.39 Å². The van der Waals surface area contributed by atoms with Crippen molar-refractivity contribution in [3.63, 3.8) is 0 Å². The Bertz CT molecular complexity index is 697. The number of halogens is 1. The molecule has 0 spiro atoms. The molecule has 1 aliphatic heterocycles. The number of carbonyl (C=O) groups excluding carboxylic acids is 1. The Morgan fingerprint density at radius 1 is 1.14 bits per heavy atom. The van der Waals surface area contributed by atoms with Crippen LogP contribution in [0.3, 0.4) is 0 Å². The lowest BCUT2D eigenvalue weighted by atomic mass is 10.2. The van der Waals surface area contributed by atoms with E-state index in [9.17, 15) is 9.18 Å². The van der Waals surface area contributed by atoms with Crippen LogP contribution in [0.5, 0.6) is 0 Å². The van der Waals surface area contributed by atoms with Gasteiger partial charge < -0.3 is 4.90 Å². The standard InChI is InChI=1S/C17H18FN3O/c18-13-5-7-14(8-6-13)21-16(12-3-4-12)11-15(19-21)17(22)20-9-1-2-10-20/h5-8,11-12H,1-4,9-10H2. The van der Waals surface area contributed by atoms with Gasteiger partial charge in [0.15, 0.2) is 5.69 Å². The van der Waals surface area contributed by atoms with E-state index in [4.69, 9.17) is 0 Å². The molecule has 114 valence electrons. The lowest BCUT2D eigenvalue weighted by molar-refractivity contribution is 0.0786. The van der Waals surface area contributed by atoms with E-state index in [2.05, 4.69) is 5.10 Å². The zero-order valence-corrected chi connectivity index (χ0v) is 12.3. The van der Waals surface area contributed by atoms with Gasteiger partial charge in [0.2, 0.25) is 0 Å². The minimum atomic E-state index is -0.266. The minimum absolute atomic E-state index is 0.0141. The molecule has 1 amide bonds. The highest BCUT2D eigenvalue weighted by Gasteiger charge is 2.31. The molecule has 0 radical (unpaired) electrons. The molecular weight excluding hydrogens is 281 g/mol. The van der Waals surface area contributed by atoms with Gasteiger partial charge in [0.05, 0.1) is 5.69 Å². The van der Waals surface area contributed by atoms with Gasteiger partial charge in [-0.25, -0.2) is 9.07 Å². The van der Waals surface area contributed by atoms with E-state index < -0.39 is 0 Å². The molecule has 5 heteroatoms. The van der Waals surface area contributed by atoms with Crippen LogP contribution in [0.15, 0.2) is 30.3 Å². The molecule has 2 fully saturated rings. The van der Waals surface area contributed by atoms with Crippen molar-refractivity contribution in [2.24, 2.45) is 0 Å². The molecule has 4 nitrogen and oxygen atoms in total. The van der Waals surface area contributed by atoms with E-state index in [1.54, 1.807) is 16.8 Å². The van der Waals surface area contributed by atoms with Gasteiger partial charge in [-0.2, -0.15) is 5.10 Å². The predicted molar refractivity (Wildman–Crippen MR) is 80.6 cm³/mol. The smallest absolute Gasteiger partial charge is 0.274 e. The zero-order valence-electron chi connectivity index (χ0n) is 12.3. The average Bonchev–Trinajstić information content (AvgIpc) is 3.06. The lowest BCUT2D eigenvalue weighted by Crippen LogP contribution is -2.28. The van der Waals surface area contributed by atoms with Crippen LogP contribution < -0.4 is 0 Å². The lowest BCUT2D eigenvalue weighted by Gasteiger charge is -2.12. The van der Waals surface area contributed by atoms with E-state index in [-0.39, 0.29) is 11.7 Å². The number of amides is 1. The van der Waals surface area contributed by atoms with Gasteiger partial charge in [-0.1, -0.05) is 0 Å². The fourth-order valence-corrected chi connectivity index (χ4v) is 3.04. The van der Waals surface area contributed by atoms with Crippen molar-refractivity contribution in [3.8, 4) is 5.69 Å². The first kappa shape index (κ1) is 13.5. The number of likely N-dealkylation sites (tertiary alicyclic amines) is 1. The van der Waals surface area contributed by atoms with E-state index in [1.165, 1.54) is 12.1 Å². The topological polar surface area (TPSA) is 38.1 Å². The second-order valence-corrected chi connectivity index (χ2v) is 6.12. The van der Waals surface area contributed by atoms with Crippen LogP contribution in [0.1, 0.15) is 47.8 Å². The number of benzene rings is 1. The number of hydrogen-bond acceptors (Lipinski definition) is 2. The molecule has 22 heavy (non-hydrogen) atoms. The van der Waals surface area contributed by atoms with Gasteiger partial charge in [-0.05, 0) is 56.0 Å². The molecule has 1 aromatic carbocycles. The Balaban J connectivity index is 1.71. The molecule has 0 unspecified atom stereocenters. The van der Waals surface area contributed by atoms with Crippen molar-refractivity contribution in [3.05, 3.63) is 47.5 Å². The van der Waals surface area contributed by atoms with Crippen molar-refractivity contribution >= 4 is 5.91 Å². The fraction of sp³-hybridized carbons (Fsp3) is 0.412. The monoisotopic (exact) mass is 299 g/mol. The van der Waals surface area contributed by atoms with Crippen LogP contribution in [-0.4, -0.2) is 33.7 Å². The molecule has 2 heterocycles. The fourth-order valence-electron chi connectivity index (χ4n) is 3.04. The maximum atomic E-state index is 13.1. The van der Waals surface area contributed by atoms with E-state index in [0.717, 1.165) is 50.2 Å². The Hall–Kier alpha value is -2.17. The third-order valence-corrected chi connectivity index (χ3v) is 4.42. The van der Waals surface area contributed by atoms with Gasteiger partial charge in [-0.15, -0.1) is 0 Å². The Morgan fingerprint density at radius 3 is 2.45 bits per heavy atom. The summed E-state index contributed by atoms with van der Waals surface area (Å²) in [5.41, 5.74) is 2.38. The molecule has 2 aromatic rings. The van der Waals surface area contributed by atoms with E-state index >= 15 is 0 Å². The highest BCUT2D eigenvalue weighted by Crippen LogP contribution is 2.41. The summed E-state index contributed by atoms with van der Waals surface area (Å²) in [6.45, 7) is 1.64. The van der Waals surface area contributed by atoms with Gasteiger partial charge in [0.25, 0.3) is 5.91 Å². The number of aromatic nitrogens is 2. The molecule has 1 saturated carbocycles. The number of hydrogen-bond donors (Lipinski definition) is 0. The highest BCUT2D eigenvalue weighted by atomic mass is 19.1. The summed E-state index contributed by atoms with van der Waals surface area (Å²) in [5, 5.41) is 4.52. The maximum Gasteiger partial charge on any atom is 0.274 e. The Morgan fingerprint density at radius 2 is 1.82 bits per heavy atom. The van der Waals surface area contributed by atoms with Gasteiger partial charge >= 0.3 is 0 Å². The predicted octanol–water partition coefficient (Wildman–Crippen LogP) is 3.12. The Kier molecular flexibility index (Phi) is 3.21. The van der Waals surface area contributed by atoms with Crippen LogP contribution in [0.2, 0.25) is 0 Å². The summed E-state index contributed by atoms with van der Waals surface area (Å²) < 4.78 is 14.9. The first-order valence-electron chi connectivity index (χ1n) is 7.87. The maximum absolute atomic E-state index is 13.1. The molecule has 2 aliphatic rings. The molecule has 4 rings (SSSR count). The first-order valence-corrected chi connectivity index (χ1v) is 7.87. The van der Waals surface area contributed by atoms with Crippen LogP contribution in [0, 0.1) is 5.82 Å². The normalized spacial score (nSPS) is 18.0. The third kappa shape index (κ3) is 2.40. The van der Waals surface area contributed by atoms with Crippen molar-refractivity contribution in [2.75, 3.05) is 13.1 Å². The van der Waals surface area contributed by atoms with Gasteiger partial charge in [0, 0.05) is 24.7 Å². The summed E-state index contributed by atoms with van der Waals surface area (Å²) in [7, 11) is 0. The van der Waals surface area contributed by atoms with Crippen LogP contribution >= 0.6 is 0 Å². The largest absolute Gasteiger partial charge is 0.337 e. The number of carbonyl (C=O) groups is 1. The zero-order chi connectivity index (χ0) is 15.1. The van der Waals surface area contributed by atoms with Crippen molar-refractivity contribution < 1.29 is 9.18 Å². The average molecular weight is 299 g/mol. The summed E-state index contributed by atoms with van der Waals surface area (Å²) in [6, 6.07) is 8.18. The van der Waals surface area contributed by atoms with E-state index in [1.807, 2.05) is 11.0 Å². The molecule has 0 atom stereocenters. The summed E-state index contributed by atoms with van der Waals surface area (Å²) >= 11 is 0. The number of nitrogens with zero attached hydrogens (tertiary/aromatic N) is 3. The molecule has 0 N–H and O–H groups in total. The summed E-state index contributed by atoms with van der Waals surface area (Å²) in [5.74, 6) is 0.218. The van der Waals surface area contributed by atoms with Crippen LogP contribution in [-0.2, 0) is 0 Å². The van der Waals surface area contributed by atoms with Crippen molar-refractivity contribution in [1.82, 2.24) is 14.7 Å². The summed E-state index contributed by atoms with van der Waals surface area (Å²) in [4.78, 5) is 14.4. The molecular formula is C17H18FN3O. The molecule has 1 saturated heterocycles.